The molecular weight excluding hydrogens is 635 g/mol. The number of nitrogens with zero attached hydrogens (tertiary/aromatic N) is 3. The summed E-state index contributed by atoms with van der Waals surface area (Å²) in [7, 11) is 0. The Hall–Kier alpha value is -7.04. The molecule has 0 atom stereocenters. The smallest absolute Gasteiger partial charge is 0.137 e. The second kappa shape index (κ2) is 12.4. The average Bonchev–Trinajstić information content (AvgIpc) is 3.53. The Morgan fingerprint density at radius 2 is 1.08 bits per heavy atom. The van der Waals surface area contributed by atoms with Crippen molar-refractivity contribution in [3.05, 3.63) is 187 Å². The molecular formula is C48H31N3O. The van der Waals surface area contributed by atoms with Crippen molar-refractivity contribution in [2.45, 2.75) is 0 Å². The van der Waals surface area contributed by atoms with Crippen LogP contribution in [0, 0.1) is 0 Å². The van der Waals surface area contributed by atoms with Gasteiger partial charge in [0.15, 0.2) is 0 Å². The van der Waals surface area contributed by atoms with Crippen LogP contribution < -0.4 is 4.74 Å². The minimum absolute atomic E-state index is 0.813. The molecule has 0 radical (unpaired) electrons. The van der Waals surface area contributed by atoms with Crippen LogP contribution in [0.2, 0.25) is 0 Å². The number of aromatic nitrogens is 3. The van der Waals surface area contributed by atoms with Gasteiger partial charge in [-0.1, -0.05) is 127 Å². The first-order valence-corrected chi connectivity index (χ1v) is 17.5. The summed E-state index contributed by atoms with van der Waals surface area (Å²) in [6.45, 7) is 0. The van der Waals surface area contributed by atoms with Crippen molar-refractivity contribution < 1.29 is 4.74 Å². The number of fused-ring (bicyclic) bond motifs is 9. The zero-order valence-corrected chi connectivity index (χ0v) is 28.1. The largest absolute Gasteiger partial charge is 0.456 e. The van der Waals surface area contributed by atoms with Crippen molar-refractivity contribution in [1.82, 2.24) is 14.5 Å². The van der Waals surface area contributed by atoms with E-state index < -0.39 is 0 Å². The van der Waals surface area contributed by atoms with Crippen LogP contribution in [0.15, 0.2) is 176 Å². The second-order valence-electron chi connectivity index (χ2n) is 13.0. The third-order valence-corrected chi connectivity index (χ3v) is 9.92. The quantitative estimate of drug-likeness (QED) is 0.189. The molecule has 4 heterocycles. The van der Waals surface area contributed by atoms with Crippen molar-refractivity contribution in [3.63, 3.8) is 0 Å². The molecule has 0 amide bonds. The zero-order chi connectivity index (χ0) is 34.4. The summed E-state index contributed by atoms with van der Waals surface area (Å²) in [4.78, 5) is 10.0. The van der Waals surface area contributed by atoms with E-state index in [-0.39, 0.29) is 0 Å². The molecule has 3 aromatic heterocycles. The molecule has 0 fully saturated rings. The molecule has 0 spiro atoms. The van der Waals surface area contributed by atoms with Crippen molar-refractivity contribution in [2.75, 3.05) is 0 Å². The van der Waals surface area contributed by atoms with Crippen molar-refractivity contribution in [1.29, 1.82) is 0 Å². The lowest BCUT2D eigenvalue weighted by Crippen LogP contribution is -1.96. The van der Waals surface area contributed by atoms with Crippen LogP contribution >= 0.6 is 0 Å². The molecule has 0 saturated heterocycles. The molecule has 0 unspecified atom stereocenters. The molecule has 0 aliphatic carbocycles. The standard InChI is InChI=1S/C48H31N3O/c1-2-13-34(14-3-1)42-26-28-44-48(50-42)41-31-36(25-27-43(41)51(44)47-20-10-11-29-49-47)35-24-23-33-22-21-32-12-4-5-15-37(32)38-16-6-8-18-45(38)52-46-19-9-7-17-39(46)40(33)30-35/h1-31H. The molecule has 244 valence electrons. The van der Waals surface area contributed by atoms with Gasteiger partial charge in [0.05, 0.1) is 22.2 Å². The first-order chi connectivity index (χ1) is 25.8. The summed E-state index contributed by atoms with van der Waals surface area (Å²) < 4.78 is 9.00. The number of hydrogen-bond acceptors (Lipinski definition) is 3. The highest BCUT2D eigenvalue weighted by Crippen LogP contribution is 2.43. The van der Waals surface area contributed by atoms with Gasteiger partial charge in [-0.25, -0.2) is 9.97 Å². The Labute approximate surface area is 301 Å². The first-order valence-electron chi connectivity index (χ1n) is 17.5. The molecule has 1 aliphatic heterocycles. The van der Waals surface area contributed by atoms with Gasteiger partial charge in [0, 0.05) is 28.3 Å². The third kappa shape index (κ3) is 5.09. The summed E-state index contributed by atoms with van der Waals surface area (Å²) in [6.07, 6.45) is 6.28. The van der Waals surface area contributed by atoms with Crippen LogP contribution in [0.3, 0.4) is 0 Å². The van der Waals surface area contributed by atoms with Gasteiger partial charge in [-0.05, 0) is 88.0 Å². The molecule has 0 N–H and O–H groups in total. The monoisotopic (exact) mass is 665 g/mol. The van der Waals surface area contributed by atoms with Crippen LogP contribution in [0.25, 0.3) is 84.5 Å². The predicted octanol–water partition coefficient (Wildman–Crippen LogP) is 12.5. The van der Waals surface area contributed by atoms with E-state index in [1.807, 2.05) is 42.6 Å². The Balaban J connectivity index is 1.17. The molecule has 6 aromatic carbocycles. The van der Waals surface area contributed by atoms with Gasteiger partial charge < -0.3 is 4.74 Å². The van der Waals surface area contributed by atoms with Gasteiger partial charge in [0.1, 0.15) is 17.3 Å². The van der Waals surface area contributed by atoms with E-state index in [0.717, 1.165) is 95.0 Å². The SMILES string of the molecule is C1=Cc2ccc(-c3ccc4c(c3)c3nc(-c5ccccc5)ccc3n4-c3ccccn3)cc2-c2ccccc2Oc2ccccc2-c2ccccc21. The number of rotatable bonds is 3. The van der Waals surface area contributed by atoms with E-state index in [1.165, 1.54) is 0 Å². The maximum atomic E-state index is 6.79. The molecule has 4 heteroatoms. The molecule has 0 saturated carbocycles. The van der Waals surface area contributed by atoms with E-state index in [2.05, 4.69) is 150 Å². The lowest BCUT2D eigenvalue weighted by Gasteiger charge is -2.16. The fourth-order valence-electron chi connectivity index (χ4n) is 7.42. The summed E-state index contributed by atoms with van der Waals surface area (Å²) in [5.74, 6) is 2.50. The summed E-state index contributed by atoms with van der Waals surface area (Å²) in [5.41, 5.74) is 13.8. The predicted molar refractivity (Wildman–Crippen MR) is 214 cm³/mol. The minimum atomic E-state index is 0.813. The summed E-state index contributed by atoms with van der Waals surface area (Å²) in [5, 5.41) is 1.07. The highest BCUT2D eigenvalue weighted by molar-refractivity contribution is 6.09. The number of benzene rings is 6. The normalized spacial score (nSPS) is 11.9. The molecule has 52 heavy (non-hydrogen) atoms. The number of ether oxygens (including phenoxy) is 1. The fraction of sp³-hybridized carbons (Fsp3) is 0. The van der Waals surface area contributed by atoms with Crippen LogP contribution in [-0.2, 0) is 0 Å². The molecule has 9 aromatic rings. The van der Waals surface area contributed by atoms with Crippen LogP contribution in [-0.4, -0.2) is 14.5 Å². The van der Waals surface area contributed by atoms with Gasteiger partial charge in [-0.3, -0.25) is 4.57 Å². The van der Waals surface area contributed by atoms with E-state index in [1.54, 1.807) is 0 Å². The van der Waals surface area contributed by atoms with Gasteiger partial charge in [0.25, 0.3) is 0 Å². The molecule has 10 rings (SSSR count). The van der Waals surface area contributed by atoms with Gasteiger partial charge in [-0.2, -0.15) is 0 Å². The number of para-hydroxylation sites is 2. The lowest BCUT2D eigenvalue weighted by molar-refractivity contribution is 0.486. The van der Waals surface area contributed by atoms with Crippen LogP contribution in [0.1, 0.15) is 11.1 Å². The van der Waals surface area contributed by atoms with E-state index >= 15 is 0 Å². The number of hydrogen-bond donors (Lipinski definition) is 0. The van der Waals surface area contributed by atoms with E-state index in [0.29, 0.717) is 0 Å². The highest BCUT2D eigenvalue weighted by atomic mass is 16.5. The maximum absolute atomic E-state index is 6.79. The molecule has 0 bridgehead atoms. The summed E-state index contributed by atoms with van der Waals surface area (Å²) >= 11 is 0. The lowest BCUT2D eigenvalue weighted by atomic mass is 9.93. The average molecular weight is 666 g/mol. The third-order valence-electron chi connectivity index (χ3n) is 9.92. The van der Waals surface area contributed by atoms with Gasteiger partial charge >= 0.3 is 0 Å². The zero-order valence-electron chi connectivity index (χ0n) is 28.1. The molecule has 4 nitrogen and oxygen atoms in total. The van der Waals surface area contributed by atoms with Crippen molar-refractivity contribution >= 4 is 34.1 Å². The van der Waals surface area contributed by atoms with Crippen LogP contribution in [0.5, 0.6) is 11.5 Å². The minimum Gasteiger partial charge on any atom is -0.456 e. The van der Waals surface area contributed by atoms with Gasteiger partial charge in [-0.15, -0.1) is 0 Å². The molecule has 1 aliphatic rings. The summed E-state index contributed by atoms with van der Waals surface area (Å²) in [6, 6.07) is 59.1. The van der Waals surface area contributed by atoms with Crippen molar-refractivity contribution in [2.24, 2.45) is 0 Å². The maximum Gasteiger partial charge on any atom is 0.137 e. The Bertz CT molecular complexity index is 2820. The highest BCUT2D eigenvalue weighted by Gasteiger charge is 2.19. The topological polar surface area (TPSA) is 39.9 Å². The fourth-order valence-corrected chi connectivity index (χ4v) is 7.42. The Morgan fingerprint density at radius 3 is 1.87 bits per heavy atom. The Kier molecular flexibility index (Phi) is 7.10. The van der Waals surface area contributed by atoms with Crippen molar-refractivity contribution in [3.8, 4) is 62.0 Å². The van der Waals surface area contributed by atoms with Crippen LogP contribution in [0.4, 0.5) is 0 Å². The Morgan fingerprint density at radius 1 is 0.442 bits per heavy atom. The number of pyridine rings is 2. The van der Waals surface area contributed by atoms with E-state index in [4.69, 9.17) is 14.7 Å². The first kappa shape index (κ1) is 29.8. The van der Waals surface area contributed by atoms with Gasteiger partial charge in [0.2, 0.25) is 0 Å². The second-order valence-corrected chi connectivity index (χ2v) is 13.0. The van der Waals surface area contributed by atoms with E-state index in [9.17, 15) is 0 Å².